The summed E-state index contributed by atoms with van der Waals surface area (Å²) in [4.78, 5) is 4.72. The first-order valence-electron chi connectivity index (χ1n) is 7.20. The van der Waals surface area contributed by atoms with Gasteiger partial charge in [0, 0.05) is 9.86 Å². The maximum Gasteiger partial charge on any atom is 0.127 e. The van der Waals surface area contributed by atoms with Gasteiger partial charge in [0.25, 0.3) is 0 Å². The Bertz CT molecular complexity index is 813. The van der Waals surface area contributed by atoms with Crippen molar-refractivity contribution in [2.75, 3.05) is 5.32 Å². The van der Waals surface area contributed by atoms with Crippen LogP contribution in [0.4, 0.5) is 5.82 Å². The van der Waals surface area contributed by atoms with Gasteiger partial charge in [-0.2, -0.15) is 0 Å². The minimum absolute atomic E-state index is 0.376. The molecular weight excluding hydrogens is 324 g/mol. The molecular formula is C18H15BrN2. The van der Waals surface area contributed by atoms with E-state index in [4.69, 9.17) is 4.98 Å². The van der Waals surface area contributed by atoms with Crippen molar-refractivity contribution in [3.8, 4) is 0 Å². The average molecular weight is 339 g/mol. The number of benzene rings is 2. The summed E-state index contributed by atoms with van der Waals surface area (Å²) >= 11 is 3.50. The smallest absolute Gasteiger partial charge is 0.127 e. The number of hydrogen-bond donors (Lipinski definition) is 1. The van der Waals surface area contributed by atoms with Crippen LogP contribution in [0.25, 0.3) is 10.9 Å². The fourth-order valence-electron chi connectivity index (χ4n) is 3.06. The van der Waals surface area contributed by atoms with Crippen molar-refractivity contribution in [1.82, 2.24) is 4.98 Å². The molecule has 1 atom stereocenters. The number of anilines is 1. The molecule has 1 aliphatic carbocycles. The van der Waals surface area contributed by atoms with Crippen molar-refractivity contribution >= 4 is 32.7 Å². The highest BCUT2D eigenvalue weighted by atomic mass is 79.9. The van der Waals surface area contributed by atoms with Crippen molar-refractivity contribution in [2.24, 2.45) is 0 Å². The van der Waals surface area contributed by atoms with Crippen molar-refractivity contribution in [2.45, 2.75) is 18.9 Å². The van der Waals surface area contributed by atoms with Gasteiger partial charge in [0.1, 0.15) is 5.82 Å². The highest BCUT2D eigenvalue weighted by molar-refractivity contribution is 9.10. The van der Waals surface area contributed by atoms with E-state index in [1.54, 1.807) is 0 Å². The summed E-state index contributed by atoms with van der Waals surface area (Å²) in [6.45, 7) is 0. The number of fused-ring (bicyclic) bond motifs is 2. The molecule has 1 N–H and O–H groups in total. The predicted molar refractivity (Wildman–Crippen MR) is 90.6 cm³/mol. The molecule has 3 aromatic rings. The molecule has 2 nitrogen and oxygen atoms in total. The first kappa shape index (κ1) is 12.8. The van der Waals surface area contributed by atoms with Crippen LogP contribution < -0.4 is 5.32 Å². The highest BCUT2D eigenvalue weighted by Crippen LogP contribution is 2.33. The van der Waals surface area contributed by atoms with E-state index in [0.717, 1.165) is 34.0 Å². The fourth-order valence-corrected chi connectivity index (χ4v) is 3.44. The van der Waals surface area contributed by atoms with Gasteiger partial charge in [-0.15, -0.1) is 0 Å². The van der Waals surface area contributed by atoms with Crippen LogP contribution >= 0.6 is 15.9 Å². The minimum Gasteiger partial charge on any atom is -0.363 e. The molecule has 1 aliphatic rings. The van der Waals surface area contributed by atoms with Crippen LogP contribution in [0.3, 0.4) is 0 Å². The average Bonchev–Trinajstić information content (AvgIpc) is 2.91. The molecule has 0 bridgehead atoms. The Morgan fingerprint density at radius 2 is 1.95 bits per heavy atom. The van der Waals surface area contributed by atoms with Crippen LogP contribution in [0.15, 0.2) is 59.1 Å². The molecule has 104 valence electrons. The molecule has 0 aliphatic heterocycles. The van der Waals surface area contributed by atoms with Crippen molar-refractivity contribution in [3.05, 3.63) is 70.2 Å². The van der Waals surface area contributed by atoms with Crippen LogP contribution in [-0.4, -0.2) is 4.98 Å². The number of nitrogens with one attached hydrogen (secondary N) is 1. The second kappa shape index (κ2) is 5.15. The molecule has 0 saturated carbocycles. The normalized spacial score (nSPS) is 16.9. The van der Waals surface area contributed by atoms with Crippen LogP contribution in [0, 0.1) is 0 Å². The van der Waals surface area contributed by atoms with Gasteiger partial charge >= 0.3 is 0 Å². The number of nitrogens with zero attached hydrogens (tertiary/aromatic N) is 1. The third-order valence-electron chi connectivity index (χ3n) is 4.11. The molecule has 0 radical (unpaired) electrons. The lowest BCUT2D eigenvalue weighted by Gasteiger charge is -2.15. The van der Waals surface area contributed by atoms with E-state index in [2.05, 4.69) is 63.7 Å². The minimum atomic E-state index is 0.376. The maximum absolute atomic E-state index is 4.72. The second-order valence-electron chi connectivity index (χ2n) is 5.47. The summed E-state index contributed by atoms with van der Waals surface area (Å²) < 4.78 is 1.09. The second-order valence-corrected chi connectivity index (χ2v) is 6.38. The van der Waals surface area contributed by atoms with Crippen LogP contribution in [0.5, 0.6) is 0 Å². The Morgan fingerprint density at radius 3 is 2.90 bits per heavy atom. The van der Waals surface area contributed by atoms with Gasteiger partial charge in [-0.25, -0.2) is 4.98 Å². The van der Waals surface area contributed by atoms with Crippen LogP contribution in [0.1, 0.15) is 23.6 Å². The van der Waals surface area contributed by atoms with E-state index >= 15 is 0 Å². The zero-order chi connectivity index (χ0) is 14.2. The number of aryl methyl sites for hydroxylation is 1. The molecule has 1 heterocycles. The van der Waals surface area contributed by atoms with E-state index in [0.29, 0.717) is 6.04 Å². The fraction of sp³-hybridized carbons (Fsp3) is 0.167. The Kier molecular flexibility index (Phi) is 3.15. The van der Waals surface area contributed by atoms with Crippen LogP contribution in [-0.2, 0) is 6.42 Å². The quantitative estimate of drug-likeness (QED) is 0.703. The molecule has 0 fully saturated rings. The van der Waals surface area contributed by atoms with Gasteiger partial charge in [-0.3, -0.25) is 0 Å². The van der Waals surface area contributed by atoms with Crippen LogP contribution in [0.2, 0.25) is 0 Å². The molecule has 0 amide bonds. The maximum atomic E-state index is 4.72. The lowest BCUT2D eigenvalue weighted by Crippen LogP contribution is -2.08. The largest absolute Gasteiger partial charge is 0.363 e. The molecule has 3 heteroatoms. The Morgan fingerprint density at radius 1 is 1.05 bits per heavy atom. The first-order valence-corrected chi connectivity index (χ1v) is 7.99. The van der Waals surface area contributed by atoms with Crippen molar-refractivity contribution in [3.63, 3.8) is 0 Å². The van der Waals surface area contributed by atoms with E-state index in [1.165, 1.54) is 11.1 Å². The monoisotopic (exact) mass is 338 g/mol. The third kappa shape index (κ3) is 2.42. The molecule has 0 saturated heterocycles. The standard InChI is InChI=1S/C18H15BrN2/c19-14-7-9-16-13(11-14)6-10-18(20-16)21-17-8-5-12-3-1-2-4-15(12)17/h1-4,6-7,9-11,17H,5,8H2,(H,20,21). The Balaban J connectivity index is 1.65. The summed E-state index contributed by atoms with van der Waals surface area (Å²) in [5, 5.41) is 4.74. The lowest BCUT2D eigenvalue weighted by molar-refractivity contribution is 0.758. The number of halogens is 1. The van der Waals surface area contributed by atoms with Gasteiger partial charge in [0.2, 0.25) is 0 Å². The zero-order valence-corrected chi connectivity index (χ0v) is 13.1. The highest BCUT2D eigenvalue weighted by Gasteiger charge is 2.21. The number of rotatable bonds is 2. The SMILES string of the molecule is Brc1ccc2nc(NC3CCc4ccccc43)ccc2c1. The third-order valence-corrected chi connectivity index (χ3v) is 4.60. The van der Waals surface area contributed by atoms with Gasteiger partial charge in [0.15, 0.2) is 0 Å². The zero-order valence-electron chi connectivity index (χ0n) is 11.5. The topological polar surface area (TPSA) is 24.9 Å². The van der Waals surface area contributed by atoms with E-state index in [9.17, 15) is 0 Å². The Labute approximate surface area is 132 Å². The summed E-state index contributed by atoms with van der Waals surface area (Å²) in [5.74, 6) is 0.950. The first-order chi connectivity index (χ1) is 10.3. The summed E-state index contributed by atoms with van der Waals surface area (Å²) in [6, 6.07) is 19.4. The number of hydrogen-bond acceptors (Lipinski definition) is 2. The van der Waals surface area contributed by atoms with Gasteiger partial charge in [0.05, 0.1) is 11.6 Å². The van der Waals surface area contributed by atoms with Gasteiger partial charge in [-0.05, 0) is 54.3 Å². The van der Waals surface area contributed by atoms with Gasteiger partial charge in [-0.1, -0.05) is 40.2 Å². The van der Waals surface area contributed by atoms with Gasteiger partial charge < -0.3 is 5.32 Å². The molecule has 4 rings (SSSR count). The van der Waals surface area contributed by atoms with Crippen molar-refractivity contribution in [1.29, 1.82) is 0 Å². The molecule has 0 spiro atoms. The van der Waals surface area contributed by atoms with E-state index < -0.39 is 0 Å². The number of aromatic nitrogens is 1. The van der Waals surface area contributed by atoms with E-state index in [-0.39, 0.29) is 0 Å². The summed E-state index contributed by atoms with van der Waals surface area (Å²) in [7, 11) is 0. The summed E-state index contributed by atoms with van der Waals surface area (Å²) in [5.41, 5.74) is 3.89. The Hall–Kier alpha value is -1.87. The molecule has 2 aromatic carbocycles. The molecule has 1 unspecified atom stereocenters. The lowest BCUT2D eigenvalue weighted by atomic mass is 10.1. The van der Waals surface area contributed by atoms with Crippen molar-refractivity contribution < 1.29 is 0 Å². The molecule has 21 heavy (non-hydrogen) atoms. The summed E-state index contributed by atoms with van der Waals surface area (Å²) in [6.07, 6.45) is 2.29. The molecule has 1 aromatic heterocycles. The number of pyridine rings is 1. The predicted octanol–water partition coefficient (Wildman–Crippen LogP) is 5.10. The van der Waals surface area contributed by atoms with E-state index in [1.807, 2.05) is 12.1 Å².